The zero-order chi connectivity index (χ0) is 28.0. The molecule has 210 valence electrons. The molecule has 2 aromatic rings. The van der Waals surface area contributed by atoms with E-state index in [4.69, 9.17) is 4.74 Å². The average molecular weight is 561 g/mol. The Kier molecular flexibility index (Phi) is 11.7. The van der Waals surface area contributed by atoms with Gasteiger partial charge in [0.05, 0.1) is 12.7 Å². The highest BCUT2D eigenvalue weighted by atomic mass is 32.2. The van der Waals surface area contributed by atoms with Crippen molar-refractivity contribution in [2.24, 2.45) is 11.3 Å². The molecular weight excluding hydrogens is 523 g/mol. The first-order chi connectivity index (χ1) is 19.6. The number of carbonyl (C=O) groups excluding carboxylic acids is 1. The lowest BCUT2D eigenvalue weighted by atomic mass is 9.63. The summed E-state index contributed by atoms with van der Waals surface area (Å²) >= 11 is -0.473. The van der Waals surface area contributed by atoms with Gasteiger partial charge >= 0.3 is 5.97 Å². The summed E-state index contributed by atoms with van der Waals surface area (Å²) in [6.07, 6.45) is 18.5. The maximum atomic E-state index is 11.9. The van der Waals surface area contributed by atoms with Crippen molar-refractivity contribution in [2.75, 3.05) is 6.61 Å². The van der Waals surface area contributed by atoms with Crippen LogP contribution in [0, 0.1) is 23.2 Å². The molecule has 6 heteroatoms. The number of benzene rings is 2. The number of carbonyl (C=O) groups is 1. The fraction of sp³-hybridized carbons (Fsp3) is 0.382. The molecule has 4 rings (SSSR count). The molecule has 4 nitrogen and oxygen atoms in total. The molecule has 0 radical (unpaired) electrons. The largest absolute Gasteiger partial charge is 0.388 e. The number of halogens is 1. The molecule has 0 heterocycles. The van der Waals surface area contributed by atoms with Crippen LogP contribution in [0.2, 0.25) is 0 Å². The second kappa shape index (κ2) is 15.6. The van der Waals surface area contributed by atoms with Crippen molar-refractivity contribution in [3.8, 4) is 11.8 Å². The van der Waals surface area contributed by atoms with Crippen molar-refractivity contribution in [2.45, 2.75) is 64.1 Å². The van der Waals surface area contributed by atoms with Crippen LogP contribution in [0.15, 0.2) is 84.5 Å². The molecule has 0 amide bonds. The summed E-state index contributed by atoms with van der Waals surface area (Å²) in [5, 5.41) is 11.0. The Morgan fingerprint density at radius 3 is 2.62 bits per heavy atom. The normalized spacial score (nSPS) is 20.1. The quantitative estimate of drug-likeness (QED) is 0.172. The fourth-order valence-electron chi connectivity index (χ4n) is 5.32. The third-order valence-electron chi connectivity index (χ3n) is 7.82. The van der Waals surface area contributed by atoms with Gasteiger partial charge in [-0.2, -0.15) is 0 Å². The Balaban J connectivity index is 1.30. The number of aliphatic hydroxyl groups is 1. The highest BCUT2D eigenvalue weighted by Gasteiger charge is 2.41. The van der Waals surface area contributed by atoms with Crippen molar-refractivity contribution in [1.82, 2.24) is 0 Å². The van der Waals surface area contributed by atoms with Crippen molar-refractivity contribution >= 4 is 24.5 Å². The molecule has 0 spiro atoms. The van der Waals surface area contributed by atoms with E-state index in [1.54, 1.807) is 0 Å². The third-order valence-corrected chi connectivity index (χ3v) is 8.07. The minimum atomic E-state index is -0.745. The Morgan fingerprint density at radius 1 is 1.10 bits per heavy atom. The molecular formula is C34H37FO4S. The molecule has 0 saturated heterocycles. The van der Waals surface area contributed by atoms with E-state index in [-0.39, 0.29) is 18.6 Å². The Bertz CT molecular complexity index is 1240. The molecule has 2 fully saturated rings. The lowest BCUT2D eigenvalue weighted by Crippen LogP contribution is -2.40. The number of hydrogen-bond acceptors (Lipinski definition) is 5. The Labute approximate surface area is 241 Å². The Morgan fingerprint density at radius 2 is 1.90 bits per heavy atom. The summed E-state index contributed by atoms with van der Waals surface area (Å²) in [5.41, 5.74) is 4.36. The fourth-order valence-corrected chi connectivity index (χ4v) is 5.44. The summed E-state index contributed by atoms with van der Waals surface area (Å²) in [4.78, 5) is 11.2. The first kappa shape index (κ1) is 29.9. The number of ether oxygens (including phenoxy) is 1. The van der Waals surface area contributed by atoms with Gasteiger partial charge in [-0.15, -0.1) is 3.89 Å². The van der Waals surface area contributed by atoms with Gasteiger partial charge < -0.3 is 14.0 Å². The molecule has 0 aliphatic heterocycles. The van der Waals surface area contributed by atoms with Crippen molar-refractivity contribution in [1.29, 1.82) is 0 Å². The zero-order valence-corrected chi connectivity index (χ0v) is 23.6. The molecule has 2 atom stereocenters. The zero-order valence-electron chi connectivity index (χ0n) is 22.8. The van der Waals surface area contributed by atoms with Gasteiger partial charge in [-0.05, 0) is 61.3 Å². The second-order valence-electron chi connectivity index (χ2n) is 10.6. The monoisotopic (exact) mass is 560 g/mol. The van der Waals surface area contributed by atoms with Gasteiger partial charge in [0.1, 0.15) is 6.61 Å². The van der Waals surface area contributed by atoms with Crippen molar-refractivity contribution in [3.63, 3.8) is 0 Å². The summed E-state index contributed by atoms with van der Waals surface area (Å²) in [5.74, 6) is 6.19. The van der Waals surface area contributed by atoms with Crippen LogP contribution >= 0.6 is 12.4 Å². The summed E-state index contributed by atoms with van der Waals surface area (Å²) in [6.45, 7) is -0.0289. The SMILES string of the molecule is O=C(COCc1ccc(/C=C2\CCCCC2/C=C/C=C/C(O)C2(CC#Cc3ccccc3)CCC2)cc1)OSF. The lowest BCUT2D eigenvalue weighted by Gasteiger charge is -2.43. The van der Waals surface area contributed by atoms with E-state index < -0.39 is 24.5 Å². The highest BCUT2D eigenvalue weighted by Crippen LogP contribution is 2.47. The van der Waals surface area contributed by atoms with E-state index in [1.807, 2.05) is 66.7 Å². The Hall–Kier alpha value is -3.11. The van der Waals surface area contributed by atoms with Crippen LogP contribution in [0.4, 0.5) is 3.89 Å². The smallest absolute Gasteiger partial charge is 0.346 e. The summed E-state index contributed by atoms with van der Waals surface area (Å²) < 4.78 is 21.3. The maximum Gasteiger partial charge on any atom is 0.346 e. The molecule has 2 saturated carbocycles. The van der Waals surface area contributed by atoms with Crippen LogP contribution in [0.5, 0.6) is 0 Å². The van der Waals surface area contributed by atoms with E-state index in [2.05, 4.69) is 34.3 Å². The van der Waals surface area contributed by atoms with Gasteiger partial charge in [-0.25, -0.2) is 4.79 Å². The van der Waals surface area contributed by atoms with Crippen molar-refractivity contribution < 1.29 is 22.7 Å². The first-order valence-corrected chi connectivity index (χ1v) is 14.6. The van der Waals surface area contributed by atoms with E-state index >= 15 is 0 Å². The molecule has 0 aromatic heterocycles. The predicted octanol–water partition coefficient (Wildman–Crippen LogP) is 7.94. The van der Waals surface area contributed by atoms with Gasteiger partial charge in [0, 0.05) is 17.4 Å². The average Bonchev–Trinajstić information content (AvgIpc) is 2.95. The molecule has 2 aliphatic carbocycles. The van der Waals surface area contributed by atoms with Crippen LogP contribution in [0.1, 0.15) is 68.1 Å². The molecule has 2 unspecified atom stereocenters. The van der Waals surface area contributed by atoms with Crippen LogP contribution in [-0.4, -0.2) is 23.8 Å². The molecule has 2 aromatic carbocycles. The molecule has 2 aliphatic rings. The number of rotatable bonds is 11. The second-order valence-corrected chi connectivity index (χ2v) is 10.9. The van der Waals surface area contributed by atoms with Gasteiger partial charge in [-0.1, -0.05) is 103 Å². The highest BCUT2D eigenvalue weighted by molar-refractivity contribution is 7.89. The topological polar surface area (TPSA) is 55.8 Å². The van der Waals surface area contributed by atoms with Crippen LogP contribution in [0.25, 0.3) is 6.08 Å². The van der Waals surface area contributed by atoms with Crippen LogP contribution < -0.4 is 0 Å². The molecule has 0 bridgehead atoms. The summed E-state index contributed by atoms with van der Waals surface area (Å²) in [7, 11) is 0. The van der Waals surface area contributed by atoms with E-state index in [0.29, 0.717) is 12.3 Å². The van der Waals surface area contributed by atoms with Crippen LogP contribution in [-0.2, 0) is 20.3 Å². The standard InChI is InChI=1S/C34H37FO4S/c35-40-39-33(37)26-38-25-29-19-17-28(18-20-29)24-31-15-5-4-13-30(31)14-6-7-16-32(36)34(22-9-23-34)21-8-12-27-10-2-1-3-11-27/h1-3,6-7,10-11,14,16-20,24,30,32,36H,4-5,9,13,15,21-23,25-26H2/b14-6+,16-7+,31-24+. The molecule has 40 heavy (non-hydrogen) atoms. The maximum absolute atomic E-state index is 11.9. The third kappa shape index (κ3) is 8.96. The van der Waals surface area contributed by atoms with Gasteiger partial charge in [0.15, 0.2) is 0 Å². The number of hydrogen-bond donors (Lipinski definition) is 1. The van der Waals surface area contributed by atoms with Gasteiger partial charge in [-0.3, -0.25) is 0 Å². The van der Waals surface area contributed by atoms with Crippen molar-refractivity contribution in [3.05, 3.63) is 101 Å². The first-order valence-electron chi connectivity index (χ1n) is 14.0. The predicted molar refractivity (Wildman–Crippen MR) is 159 cm³/mol. The van der Waals surface area contributed by atoms with Gasteiger partial charge in [0.25, 0.3) is 12.4 Å². The summed E-state index contributed by atoms with van der Waals surface area (Å²) in [6, 6.07) is 18.0. The van der Waals surface area contributed by atoms with E-state index in [1.165, 1.54) is 18.4 Å². The number of aliphatic hydroxyl groups excluding tert-OH is 1. The van der Waals surface area contributed by atoms with Crippen LogP contribution in [0.3, 0.4) is 0 Å². The van der Waals surface area contributed by atoms with E-state index in [0.717, 1.165) is 48.8 Å². The van der Waals surface area contributed by atoms with E-state index in [9.17, 15) is 13.8 Å². The number of allylic oxidation sites excluding steroid dienone is 4. The minimum Gasteiger partial charge on any atom is -0.388 e. The minimum absolute atomic E-state index is 0.129. The molecule has 1 N–H and O–H groups in total. The lowest BCUT2D eigenvalue weighted by molar-refractivity contribution is -0.138. The van der Waals surface area contributed by atoms with Gasteiger partial charge in [0.2, 0.25) is 0 Å².